The van der Waals surface area contributed by atoms with Crippen LogP contribution in [0.25, 0.3) is 23.1 Å². The standard InChI is InChI=1S/C25H27NO4/c1-28-20-12-9-17(10-13-20)8-11-18-14-21(29-2)15-23-22(18)16-24(30-23)25(27)26-19-6-4-3-5-7-19/h8-16,19H,3-7H2,1-2H3,(H,26,27)/b11-8+. The number of nitrogens with one attached hydrogen (secondary N) is 1. The number of rotatable bonds is 6. The summed E-state index contributed by atoms with van der Waals surface area (Å²) >= 11 is 0. The van der Waals surface area contributed by atoms with Crippen molar-refractivity contribution in [2.24, 2.45) is 0 Å². The Bertz CT molecular complexity index is 1040. The van der Waals surface area contributed by atoms with Crippen molar-refractivity contribution in [3.05, 3.63) is 59.4 Å². The predicted octanol–water partition coefficient (Wildman–Crippen LogP) is 5.68. The maximum Gasteiger partial charge on any atom is 0.287 e. The topological polar surface area (TPSA) is 60.7 Å². The van der Waals surface area contributed by atoms with Crippen LogP contribution in [0.15, 0.2) is 46.9 Å². The van der Waals surface area contributed by atoms with Crippen molar-refractivity contribution in [3.8, 4) is 11.5 Å². The third-order valence-corrected chi connectivity index (χ3v) is 5.61. The molecule has 1 fully saturated rings. The van der Waals surface area contributed by atoms with Crippen molar-refractivity contribution in [2.45, 2.75) is 38.1 Å². The average Bonchev–Trinajstić information content (AvgIpc) is 3.23. The monoisotopic (exact) mass is 405 g/mol. The molecule has 1 N–H and O–H groups in total. The van der Waals surface area contributed by atoms with Crippen LogP contribution in [0.2, 0.25) is 0 Å². The molecule has 1 aromatic heterocycles. The summed E-state index contributed by atoms with van der Waals surface area (Å²) in [5, 5.41) is 4.00. The third-order valence-electron chi connectivity index (χ3n) is 5.61. The number of methoxy groups -OCH3 is 2. The molecule has 0 saturated heterocycles. The highest BCUT2D eigenvalue weighted by molar-refractivity contribution is 5.99. The fraction of sp³-hybridized carbons (Fsp3) is 0.320. The zero-order valence-corrected chi connectivity index (χ0v) is 17.4. The molecule has 30 heavy (non-hydrogen) atoms. The molecule has 3 aromatic rings. The smallest absolute Gasteiger partial charge is 0.287 e. The first-order valence-electron chi connectivity index (χ1n) is 10.4. The van der Waals surface area contributed by atoms with E-state index in [2.05, 4.69) is 5.32 Å². The number of carbonyl (C=O) groups is 1. The molecule has 5 nitrogen and oxygen atoms in total. The molecule has 1 heterocycles. The predicted molar refractivity (Wildman–Crippen MR) is 119 cm³/mol. The van der Waals surface area contributed by atoms with Crippen molar-refractivity contribution >= 4 is 29.0 Å². The van der Waals surface area contributed by atoms with Crippen LogP contribution in [0.4, 0.5) is 0 Å². The number of carbonyl (C=O) groups excluding carboxylic acids is 1. The van der Waals surface area contributed by atoms with Gasteiger partial charge in [-0.3, -0.25) is 4.79 Å². The molecule has 0 unspecified atom stereocenters. The van der Waals surface area contributed by atoms with E-state index in [9.17, 15) is 4.79 Å². The normalized spacial score (nSPS) is 14.9. The number of hydrogen-bond donors (Lipinski definition) is 1. The van der Waals surface area contributed by atoms with Crippen molar-refractivity contribution in [3.63, 3.8) is 0 Å². The van der Waals surface area contributed by atoms with Crippen LogP contribution in [0.3, 0.4) is 0 Å². The van der Waals surface area contributed by atoms with Gasteiger partial charge in [-0.1, -0.05) is 43.5 Å². The Morgan fingerprint density at radius 2 is 1.70 bits per heavy atom. The van der Waals surface area contributed by atoms with Gasteiger partial charge in [-0.2, -0.15) is 0 Å². The molecule has 2 aromatic carbocycles. The Labute approximate surface area is 176 Å². The van der Waals surface area contributed by atoms with E-state index in [1.54, 1.807) is 14.2 Å². The second-order valence-electron chi connectivity index (χ2n) is 7.65. The van der Waals surface area contributed by atoms with Crippen LogP contribution in [-0.2, 0) is 0 Å². The second-order valence-corrected chi connectivity index (χ2v) is 7.65. The molecule has 0 aliphatic heterocycles. The van der Waals surface area contributed by atoms with E-state index < -0.39 is 0 Å². The Balaban J connectivity index is 1.61. The molecule has 0 bridgehead atoms. The SMILES string of the molecule is COc1ccc(/C=C/c2cc(OC)cc3oc(C(=O)NC4CCCCC4)cc23)cc1. The lowest BCUT2D eigenvalue weighted by Crippen LogP contribution is -2.35. The highest BCUT2D eigenvalue weighted by atomic mass is 16.5. The van der Waals surface area contributed by atoms with Crippen molar-refractivity contribution in [2.75, 3.05) is 14.2 Å². The molecule has 156 valence electrons. The summed E-state index contributed by atoms with van der Waals surface area (Å²) in [4.78, 5) is 12.7. The molecule has 1 aliphatic rings. The molecule has 5 heteroatoms. The van der Waals surface area contributed by atoms with Gasteiger partial charge in [0.05, 0.1) is 14.2 Å². The largest absolute Gasteiger partial charge is 0.497 e. The highest BCUT2D eigenvalue weighted by Gasteiger charge is 2.20. The average molecular weight is 405 g/mol. The molecule has 4 rings (SSSR count). The van der Waals surface area contributed by atoms with E-state index in [-0.39, 0.29) is 11.9 Å². The quantitative estimate of drug-likeness (QED) is 0.536. The van der Waals surface area contributed by atoms with Gasteiger partial charge in [0.1, 0.15) is 17.1 Å². The minimum atomic E-state index is -0.151. The Morgan fingerprint density at radius 1 is 0.967 bits per heavy atom. The number of amides is 1. The zero-order valence-electron chi connectivity index (χ0n) is 17.4. The van der Waals surface area contributed by atoms with Crippen LogP contribution in [-0.4, -0.2) is 26.2 Å². The summed E-state index contributed by atoms with van der Waals surface area (Å²) in [5.74, 6) is 1.69. The second kappa shape index (κ2) is 9.08. The maximum atomic E-state index is 12.7. The van der Waals surface area contributed by atoms with Gasteiger partial charge >= 0.3 is 0 Å². The van der Waals surface area contributed by atoms with Crippen LogP contribution >= 0.6 is 0 Å². The molecule has 0 atom stereocenters. The molecule has 1 amide bonds. The van der Waals surface area contributed by atoms with E-state index >= 15 is 0 Å². The van der Waals surface area contributed by atoms with E-state index in [1.807, 2.05) is 54.6 Å². The third kappa shape index (κ3) is 4.51. The van der Waals surface area contributed by atoms with Gasteiger partial charge in [-0.05, 0) is 48.2 Å². The van der Waals surface area contributed by atoms with Crippen LogP contribution in [0, 0.1) is 0 Å². The minimum Gasteiger partial charge on any atom is -0.497 e. The van der Waals surface area contributed by atoms with E-state index in [0.717, 1.165) is 35.1 Å². The van der Waals surface area contributed by atoms with E-state index in [0.29, 0.717) is 17.1 Å². The summed E-state index contributed by atoms with van der Waals surface area (Å²) in [6.07, 6.45) is 9.69. The molecule has 0 radical (unpaired) electrons. The Morgan fingerprint density at radius 3 is 2.40 bits per heavy atom. The molecular formula is C25H27NO4. The maximum absolute atomic E-state index is 12.7. The van der Waals surface area contributed by atoms with Crippen LogP contribution in [0.1, 0.15) is 53.8 Å². The van der Waals surface area contributed by atoms with Gasteiger partial charge in [0.2, 0.25) is 0 Å². The molecule has 1 aliphatic carbocycles. The van der Waals surface area contributed by atoms with Gasteiger partial charge in [-0.25, -0.2) is 0 Å². The minimum absolute atomic E-state index is 0.151. The summed E-state index contributed by atoms with van der Waals surface area (Å²) < 4.78 is 16.5. The van der Waals surface area contributed by atoms with Crippen LogP contribution in [0.5, 0.6) is 11.5 Å². The lowest BCUT2D eigenvalue weighted by Gasteiger charge is -2.22. The van der Waals surface area contributed by atoms with Gasteiger partial charge in [0, 0.05) is 17.5 Å². The molecular weight excluding hydrogens is 378 g/mol. The fourth-order valence-corrected chi connectivity index (χ4v) is 3.91. The summed E-state index contributed by atoms with van der Waals surface area (Å²) in [5.41, 5.74) is 2.61. The number of fused-ring (bicyclic) bond motifs is 1. The van der Waals surface area contributed by atoms with Gasteiger partial charge in [-0.15, -0.1) is 0 Å². The first kappa shape index (κ1) is 20.1. The Hall–Kier alpha value is -3.21. The summed E-state index contributed by atoms with van der Waals surface area (Å²) in [6, 6.07) is 13.6. The summed E-state index contributed by atoms with van der Waals surface area (Å²) in [7, 11) is 3.27. The lowest BCUT2D eigenvalue weighted by atomic mass is 9.95. The fourth-order valence-electron chi connectivity index (χ4n) is 3.91. The first-order valence-corrected chi connectivity index (χ1v) is 10.4. The molecule has 0 spiro atoms. The van der Waals surface area contributed by atoms with Crippen LogP contribution < -0.4 is 14.8 Å². The van der Waals surface area contributed by atoms with Crippen molar-refractivity contribution < 1.29 is 18.7 Å². The highest BCUT2D eigenvalue weighted by Crippen LogP contribution is 2.30. The van der Waals surface area contributed by atoms with E-state index in [1.165, 1.54) is 19.3 Å². The first-order chi connectivity index (χ1) is 14.7. The number of furan rings is 1. The number of benzene rings is 2. The van der Waals surface area contributed by atoms with Gasteiger partial charge < -0.3 is 19.2 Å². The number of ether oxygens (including phenoxy) is 2. The van der Waals surface area contributed by atoms with E-state index in [4.69, 9.17) is 13.9 Å². The van der Waals surface area contributed by atoms with Gasteiger partial charge in [0.15, 0.2) is 5.76 Å². The number of hydrogen-bond acceptors (Lipinski definition) is 4. The summed E-state index contributed by atoms with van der Waals surface area (Å²) in [6.45, 7) is 0. The van der Waals surface area contributed by atoms with Gasteiger partial charge in [0.25, 0.3) is 5.91 Å². The Kier molecular flexibility index (Phi) is 6.07. The zero-order chi connectivity index (χ0) is 20.9. The van der Waals surface area contributed by atoms with Crippen molar-refractivity contribution in [1.29, 1.82) is 0 Å². The lowest BCUT2D eigenvalue weighted by molar-refractivity contribution is 0.0901. The van der Waals surface area contributed by atoms with Crippen molar-refractivity contribution in [1.82, 2.24) is 5.32 Å². The molecule has 1 saturated carbocycles.